The Bertz CT molecular complexity index is 469. The van der Waals surface area contributed by atoms with E-state index in [-0.39, 0.29) is 30.4 Å². The van der Waals surface area contributed by atoms with Gasteiger partial charge in [0.05, 0.1) is 12.6 Å². The molecule has 1 amide bonds. The molecule has 3 unspecified atom stereocenters. The van der Waals surface area contributed by atoms with Crippen LogP contribution in [0.25, 0.3) is 0 Å². The highest BCUT2D eigenvalue weighted by Crippen LogP contribution is 2.19. The molecule has 132 valence electrons. The van der Waals surface area contributed by atoms with Crippen molar-refractivity contribution in [3.63, 3.8) is 0 Å². The Labute approximate surface area is 139 Å². The van der Waals surface area contributed by atoms with Crippen molar-refractivity contribution in [1.82, 2.24) is 15.5 Å². The molecule has 0 saturated heterocycles. The van der Waals surface area contributed by atoms with Gasteiger partial charge in [0.15, 0.2) is 0 Å². The zero-order valence-corrected chi connectivity index (χ0v) is 15.0. The van der Waals surface area contributed by atoms with Crippen LogP contribution in [0.15, 0.2) is 4.42 Å². The second kappa shape index (κ2) is 9.65. The van der Waals surface area contributed by atoms with Crippen LogP contribution >= 0.6 is 0 Å². The number of nitrogens with one attached hydrogen (secondary N) is 1. The summed E-state index contributed by atoms with van der Waals surface area (Å²) in [5, 5.41) is 20.1. The van der Waals surface area contributed by atoms with Crippen molar-refractivity contribution >= 4 is 5.91 Å². The standard InChI is InChI=1S/C17H31N3O3/c1-6-14(10-21)18-16(22)13(5)8-7-12(4)9-15-19-20-17(23-15)11(2)3/h11-14,21H,6-10H2,1-5H3,(H,18,22). The summed E-state index contributed by atoms with van der Waals surface area (Å²) in [5.74, 6) is 1.92. The summed E-state index contributed by atoms with van der Waals surface area (Å²) >= 11 is 0. The predicted molar refractivity (Wildman–Crippen MR) is 89.0 cm³/mol. The second-order valence-electron chi connectivity index (χ2n) is 6.77. The van der Waals surface area contributed by atoms with Crippen molar-refractivity contribution in [2.45, 2.75) is 72.3 Å². The second-order valence-corrected chi connectivity index (χ2v) is 6.77. The molecule has 6 nitrogen and oxygen atoms in total. The van der Waals surface area contributed by atoms with Crippen molar-refractivity contribution in [2.24, 2.45) is 11.8 Å². The van der Waals surface area contributed by atoms with Crippen molar-refractivity contribution < 1.29 is 14.3 Å². The van der Waals surface area contributed by atoms with E-state index in [1.165, 1.54) is 0 Å². The average Bonchev–Trinajstić information content (AvgIpc) is 2.98. The summed E-state index contributed by atoms with van der Waals surface area (Å²) in [7, 11) is 0. The molecule has 0 saturated carbocycles. The fraction of sp³-hybridized carbons (Fsp3) is 0.824. The molecule has 0 aliphatic rings. The summed E-state index contributed by atoms with van der Waals surface area (Å²) in [6.07, 6.45) is 3.20. The van der Waals surface area contributed by atoms with Crippen LogP contribution in [-0.4, -0.2) is 33.9 Å². The zero-order chi connectivity index (χ0) is 17.4. The lowest BCUT2D eigenvalue weighted by molar-refractivity contribution is -0.125. The highest BCUT2D eigenvalue weighted by Gasteiger charge is 2.18. The van der Waals surface area contributed by atoms with Crippen LogP contribution < -0.4 is 5.32 Å². The fourth-order valence-corrected chi connectivity index (χ4v) is 2.27. The largest absolute Gasteiger partial charge is 0.425 e. The van der Waals surface area contributed by atoms with E-state index in [9.17, 15) is 4.79 Å². The Morgan fingerprint density at radius 1 is 1.22 bits per heavy atom. The smallest absolute Gasteiger partial charge is 0.223 e. The number of nitrogens with zero attached hydrogens (tertiary/aromatic N) is 2. The Hall–Kier alpha value is -1.43. The molecular formula is C17H31N3O3. The predicted octanol–water partition coefficient (Wildman–Crippen LogP) is 2.68. The number of amides is 1. The minimum Gasteiger partial charge on any atom is -0.425 e. The first kappa shape index (κ1) is 19.6. The van der Waals surface area contributed by atoms with Gasteiger partial charge in [0.25, 0.3) is 0 Å². The number of hydrogen-bond acceptors (Lipinski definition) is 5. The topological polar surface area (TPSA) is 88.2 Å². The third-order valence-electron chi connectivity index (χ3n) is 4.10. The molecule has 0 aromatic carbocycles. The summed E-state index contributed by atoms with van der Waals surface area (Å²) in [4.78, 5) is 12.1. The SMILES string of the molecule is CCC(CO)NC(=O)C(C)CCC(C)Cc1nnc(C(C)C)o1. The Balaban J connectivity index is 2.36. The van der Waals surface area contributed by atoms with Gasteiger partial charge in [-0.2, -0.15) is 0 Å². The molecule has 1 aromatic rings. The van der Waals surface area contributed by atoms with Gasteiger partial charge in [0.2, 0.25) is 17.7 Å². The highest BCUT2D eigenvalue weighted by atomic mass is 16.4. The van der Waals surface area contributed by atoms with E-state index in [4.69, 9.17) is 9.52 Å². The number of hydrogen-bond donors (Lipinski definition) is 2. The van der Waals surface area contributed by atoms with Gasteiger partial charge in [0, 0.05) is 18.3 Å². The van der Waals surface area contributed by atoms with Crippen molar-refractivity contribution in [3.8, 4) is 0 Å². The minimum atomic E-state index is -0.143. The lowest BCUT2D eigenvalue weighted by Crippen LogP contribution is -2.40. The van der Waals surface area contributed by atoms with Gasteiger partial charge in [0.1, 0.15) is 0 Å². The van der Waals surface area contributed by atoms with E-state index in [1.54, 1.807) is 0 Å². The maximum atomic E-state index is 12.1. The molecule has 0 aliphatic heterocycles. The molecule has 2 N–H and O–H groups in total. The van der Waals surface area contributed by atoms with E-state index in [1.807, 2.05) is 27.7 Å². The van der Waals surface area contributed by atoms with Crippen LogP contribution in [0.2, 0.25) is 0 Å². The number of rotatable bonds is 10. The third kappa shape index (κ3) is 6.69. The van der Waals surface area contributed by atoms with Gasteiger partial charge >= 0.3 is 0 Å². The number of carbonyl (C=O) groups excluding carboxylic acids is 1. The molecule has 3 atom stereocenters. The molecule has 1 aromatic heterocycles. The Morgan fingerprint density at radius 3 is 2.43 bits per heavy atom. The fourth-order valence-electron chi connectivity index (χ4n) is 2.27. The number of carbonyl (C=O) groups is 1. The number of aromatic nitrogens is 2. The first-order valence-corrected chi connectivity index (χ1v) is 8.60. The first-order valence-electron chi connectivity index (χ1n) is 8.60. The van der Waals surface area contributed by atoms with Gasteiger partial charge in [-0.1, -0.05) is 34.6 Å². The maximum absolute atomic E-state index is 12.1. The molecule has 23 heavy (non-hydrogen) atoms. The van der Waals surface area contributed by atoms with Crippen LogP contribution in [0.3, 0.4) is 0 Å². The van der Waals surface area contributed by atoms with Crippen LogP contribution in [0.5, 0.6) is 0 Å². The lowest BCUT2D eigenvalue weighted by atomic mass is 9.95. The molecule has 0 fully saturated rings. The van der Waals surface area contributed by atoms with E-state index in [2.05, 4.69) is 22.4 Å². The number of aliphatic hydroxyl groups excluding tert-OH is 1. The monoisotopic (exact) mass is 325 g/mol. The first-order chi connectivity index (χ1) is 10.9. The van der Waals surface area contributed by atoms with E-state index >= 15 is 0 Å². The van der Waals surface area contributed by atoms with Crippen molar-refractivity contribution in [2.75, 3.05) is 6.61 Å². The van der Waals surface area contributed by atoms with Gasteiger partial charge in [-0.05, 0) is 25.2 Å². The van der Waals surface area contributed by atoms with Crippen LogP contribution in [0, 0.1) is 11.8 Å². The van der Waals surface area contributed by atoms with Gasteiger partial charge in [-0.25, -0.2) is 0 Å². The van der Waals surface area contributed by atoms with Gasteiger partial charge in [-0.3, -0.25) is 4.79 Å². The third-order valence-corrected chi connectivity index (χ3v) is 4.10. The summed E-state index contributed by atoms with van der Waals surface area (Å²) < 4.78 is 5.62. The number of aliphatic hydroxyl groups is 1. The molecule has 0 aliphatic carbocycles. The van der Waals surface area contributed by atoms with Gasteiger partial charge < -0.3 is 14.8 Å². The van der Waals surface area contributed by atoms with Crippen LogP contribution in [0.4, 0.5) is 0 Å². The van der Waals surface area contributed by atoms with Crippen molar-refractivity contribution in [1.29, 1.82) is 0 Å². The van der Waals surface area contributed by atoms with Gasteiger partial charge in [-0.15, -0.1) is 10.2 Å². The molecule has 0 radical (unpaired) electrons. The minimum absolute atomic E-state index is 0.0120. The Morgan fingerprint density at radius 2 is 1.91 bits per heavy atom. The summed E-state index contributed by atoms with van der Waals surface area (Å²) in [5.41, 5.74) is 0. The molecule has 0 bridgehead atoms. The van der Waals surface area contributed by atoms with Crippen LogP contribution in [0.1, 0.15) is 71.6 Å². The molecule has 6 heteroatoms. The molecule has 0 spiro atoms. The average molecular weight is 325 g/mol. The normalized spacial score (nSPS) is 15.4. The zero-order valence-electron chi connectivity index (χ0n) is 15.0. The molecular weight excluding hydrogens is 294 g/mol. The van der Waals surface area contributed by atoms with E-state index < -0.39 is 0 Å². The van der Waals surface area contributed by atoms with Crippen molar-refractivity contribution in [3.05, 3.63) is 11.8 Å². The van der Waals surface area contributed by atoms with E-state index in [0.717, 1.165) is 25.7 Å². The quantitative estimate of drug-likeness (QED) is 0.690. The Kier molecular flexibility index (Phi) is 8.23. The van der Waals surface area contributed by atoms with Crippen LogP contribution in [-0.2, 0) is 11.2 Å². The summed E-state index contributed by atoms with van der Waals surface area (Å²) in [6, 6.07) is -0.143. The maximum Gasteiger partial charge on any atom is 0.223 e. The molecule has 1 rings (SSSR count). The lowest BCUT2D eigenvalue weighted by Gasteiger charge is -2.19. The summed E-state index contributed by atoms with van der Waals surface area (Å²) in [6.45, 7) is 10.0. The molecule has 1 heterocycles. The van der Waals surface area contributed by atoms with E-state index in [0.29, 0.717) is 17.7 Å². The highest BCUT2D eigenvalue weighted by molar-refractivity contribution is 5.78.